The van der Waals surface area contributed by atoms with Crippen LogP contribution in [0.4, 0.5) is 5.82 Å². The van der Waals surface area contributed by atoms with Crippen LogP contribution >= 0.6 is 0 Å². The molecule has 11 nitrogen and oxygen atoms in total. The Morgan fingerprint density at radius 1 is 1.16 bits per heavy atom. The standard InChI is InChI=1S/C26H29N7O4S/c1-36-12-13-37-26(17-27)10-8-18(9-11-26)22-23(38(2,34)35)24(28)33-25(31-22)21(15-30-33)19-14-29-32(16-19)20-6-4-3-5-7-20/h3-7,14-16,18H,8-13,28H2,1-2H3/t18-,26+. The quantitative estimate of drug-likeness (QED) is 0.336. The highest BCUT2D eigenvalue weighted by Gasteiger charge is 2.39. The Labute approximate surface area is 220 Å². The molecule has 12 heteroatoms. The van der Waals surface area contributed by atoms with Crippen molar-refractivity contribution in [1.82, 2.24) is 24.4 Å². The van der Waals surface area contributed by atoms with Crippen LogP contribution in [0.15, 0.2) is 53.8 Å². The van der Waals surface area contributed by atoms with Crippen LogP contribution in [-0.2, 0) is 19.3 Å². The molecule has 1 aliphatic carbocycles. The Hall–Kier alpha value is -3.79. The van der Waals surface area contributed by atoms with Crippen molar-refractivity contribution in [3.8, 4) is 22.9 Å². The minimum Gasteiger partial charge on any atom is -0.382 e. The second-order valence-corrected chi connectivity index (χ2v) is 11.5. The number of nitrogen functional groups attached to an aromatic ring is 1. The fourth-order valence-electron chi connectivity index (χ4n) is 5.03. The van der Waals surface area contributed by atoms with E-state index in [1.807, 2.05) is 36.5 Å². The monoisotopic (exact) mass is 535 g/mol. The fourth-order valence-corrected chi connectivity index (χ4v) is 6.09. The van der Waals surface area contributed by atoms with Crippen molar-refractivity contribution in [2.45, 2.75) is 42.1 Å². The lowest BCUT2D eigenvalue weighted by Crippen LogP contribution is -2.36. The molecule has 3 heterocycles. The molecule has 0 saturated heterocycles. The Morgan fingerprint density at radius 2 is 1.89 bits per heavy atom. The molecule has 0 atom stereocenters. The molecule has 0 radical (unpaired) electrons. The summed E-state index contributed by atoms with van der Waals surface area (Å²) in [6.07, 6.45) is 8.28. The number of aromatic nitrogens is 5. The highest BCUT2D eigenvalue weighted by Crippen LogP contribution is 2.42. The zero-order chi connectivity index (χ0) is 26.9. The molecule has 1 fully saturated rings. The molecule has 198 valence electrons. The van der Waals surface area contributed by atoms with Gasteiger partial charge >= 0.3 is 0 Å². The van der Waals surface area contributed by atoms with Crippen molar-refractivity contribution in [3.63, 3.8) is 0 Å². The fraction of sp³-hybridized carbons (Fsp3) is 0.385. The van der Waals surface area contributed by atoms with Crippen LogP contribution < -0.4 is 5.73 Å². The molecule has 4 aromatic rings. The van der Waals surface area contributed by atoms with Gasteiger partial charge in [-0.05, 0) is 37.8 Å². The summed E-state index contributed by atoms with van der Waals surface area (Å²) in [5.41, 5.74) is 8.71. The maximum absolute atomic E-state index is 12.9. The number of sulfone groups is 1. The first-order valence-corrected chi connectivity index (χ1v) is 14.2. The predicted octanol–water partition coefficient (Wildman–Crippen LogP) is 3.15. The number of fused-ring (bicyclic) bond motifs is 1. The smallest absolute Gasteiger partial charge is 0.180 e. The lowest BCUT2D eigenvalue weighted by molar-refractivity contribution is -0.0495. The maximum atomic E-state index is 12.9. The Morgan fingerprint density at radius 3 is 2.55 bits per heavy atom. The SMILES string of the molecule is COCCO[C@]1(C#N)CC[C@H](c2nc3c(-c4cnn(-c5ccccc5)c4)cnn3c(N)c2S(C)(=O)=O)CC1. The predicted molar refractivity (Wildman–Crippen MR) is 140 cm³/mol. The van der Waals surface area contributed by atoms with Gasteiger partial charge in [0.25, 0.3) is 0 Å². The summed E-state index contributed by atoms with van der Waals surface area (Å²) >= 11 is 0. The van der Waals surface area contributed by atoms with Gasteiger partial charge < -0.3 is 15.2 Å². The van der Waals surface area contributed by atoms with E-state index in [2.05, 4.69) is 16.3 Å². The van der Waals surface area contributed by atoms with E-state index in [0.29, 0.717) is 55.8 Å². The highest BCUT2D eigenvalue weighted by molar-refractivity contribution is 7.91. The minimum absolute atomic E-state index is 0.0164. The van der Waals surface area contributed by atoms with Gasteiger partial charge in [-0.25, -0.2) is 18.1 Å². The maximum Gasteiger partial charge on any atom is 0.180 e. The first kappa shape index (κ1) is 25.8. The van der Waals surface area contributed by atoms with Crippen molar-refractivity contribution >= 4 is 21.3 Å². The van der Waals surface area contributed by atoms with Gasteiger partial charge in [0.15, 0.2) is 21.1 Å². The molecular formula is C26H29N7O4S. The summed E-state index contributed by atoms with van der Waals surface area (Å²) in [7, 11) is -2.14. The first-order valence-electron chi connectivity index (χ1n) is 12.3. The van der Waals surface area contributed by atoms with Gasteiger partial charge in [0.05, 0.1) is 43.1 Å². The second-order valence-electron chi connectivity index (χ2n) is 9.51. The van der Waals surface area contributed by atoms with Crippen LogP contribution in [0, 0.1) is 11.3 Å². The van der Waals surface area contributed by atoms with Crippen LogP contribution in [0.1, 0.15) is 37.3 Å². The molecule has 38 heavy (non-hydrogen) atoms. The summed E-state index contributed by atoms with van der Waals surface area (Å²) < 4.78 is 39.8. The van der Waals surface area contributed by atoms with Gasteiger partial charge in [0, 0.05) is 36.6 Å². The van der Waals surface area contributed by atoms with Crippen molar-refractivity contribution in [2.75, 3.05) is 32.3 Å². The molecule has 1 saturated carbocycles. The Kier molecular flexibility index (Phi) is 6.92. The molecule has 2 N–H and O–H groups in total. The van der Waals surface area contributed by atoms with E-state index in [0.717, 1.165) is 17.5 Å². The third-order valence-corrected chi connectivity index (χ3v) is 8.16. The number of ether oxygens (including phenoxy) is 2. The molecule has 1 aliphatic rings. The van der Waals surface area contributed by atoms with E-state index in [1.165, 1.54) is 4.52 Å². The number of nitriles is 1. The molecule has 5 rings (SSSR count). The normalized spacial score (nSPS) is 20.0. The van der Waals surface area contributed by atoms with Crippen molar-refractivity contribution in [1.29, 1.82) is 5.26 Å². The van der Waals surface area contributed by atoms with Crippen molar-refractivity contribution in [2.24, 2.45) is 0 Å². The molecule has 1 aromatic carbocycles. The van der Waals surface area contributed by atoms with E-state index in [4.69, 9.17) is 20.2 Å². The lowest BCUT2D eigenvalue weighted by Gasteiger charge is -2.35. The third kappa shape index (κ3) is 4.76. The second kappa shape index (κ2) is 10.2. The number of nitrogens with zero attached hydrogens (tertiary/aromatic N) is 6. The highest BCUT2D eigenvalue weighted by atomic mass is 32.2. The molecule has 0 aliphatic heterocycles. The number of hydrogen-bond acceptors (Lipinski definition) is 9. The number of benzene rings is 1. The van der Waals surface area contributed by atoms with Gasteiger partial charge in [0.1, 0.15) is 10.7 Å². The molecule has 0 unspecified atom stereocenters. The topological polar surface area (TPSA) is 150 Å². The summed E-state index contributed by atoms with van der Waals surface area (Å²) in [5.74, 6) is -0.197. The first-order chi connectivity index (χ1) is 18.3. The van der Waals surface area contributed by atoms with E-state index in [1.54, 1.807) is 24.2 Å². The van der Waals surface area contributed by atoms with Crippen LogP contribution in [-0.4, -0.2) is 65.0 Å². The van der Waals surface area contributed by atoms with Crippen LogP contribution in [0.2, 0.25) is 0 Å². The van der Waals surface area contributed by atoms with E-state index in [-0.39, 0.29) is 16.6 Å². The number of hydrogen-bond donors (Lipinski definition) is 1. The number of rotatable bonds is 8. The van der Waals surface area contributed by atoms with Gasteiger partial charge in [-0.2, -0.15) is 20.0 Å². The summed E-state index contributed by atoms with van der Waals surface area (Å²) in [6, 6.07) is 12.0. The van der Waals surface area contributed by atoms with Crippen LogP contribution in [0.5, 0.6) is 0 Å². The molecule has 0 spiro atoms. The lowest BCUT2D eigenvalue weighted by atomic mass is 9.78. The number of nitrogens with two attached hydrogens (primary N) is 1. The average molecular weight is 536 g/mol. The third-order valence-electron chi connectivity index (χ3n) is 7.00. The van der Waals surface area contributed by atoms with Crippen LogP contribution in [0.25, 0.3) is 22.5 Å². The zero-order valence-electron chi connectivity index (χ0n) is 21.2. The van der Waals surface area contributed by atoms with Gasteiger partial charge in [-0.15, -0.1) is 0 Å². The number of para-hydroxylation sites is 1. The summed E-state index contributed by atoms with van der Waals surface area (Å²) in [4.78, 5) is 4.83. The molecule has 3 aromatic heterocycles. The zero-order valence-corrected chi connectivity index (χ0v) is 22.1. The van der Waals surface area contributed by atoms with Gasteiger partial charge in [-0.1, -0.05) is 18.2 Å². The number of anilines is 1. The summed E-state index contributed by atoms with van der Waals surface area (Å²) in [6.45, 7) is 0.709. The molecule has 0 bridgehead atoms. The van der Waals surface area contributed by atoms with Gasteiger partial charge in [-0.3, -0.25) is 0 Å². The Balaban J connectivity index is 1.54. The van der Waals surface area contributed by atoms with E-state index < -0.39 is 15.4 Å². The largest absolute Gasteiger partial charge is 0.382 e. The summed E-state index contributed by atoms with van der Waals surface area (Å²) in [5, 5.41) is 18.7. The van der Waals surface area contributed by atoms with E-state index in [9.17, 15) is 13.7 Å². The molecule has 0 amide bonds. The number of methoxy groups -OCH3 is 1. The van der Waals surface area contributed by atoms with Crippen molar-refractivity contribution in [3.05, 3.63) is 54.6 Å². The van der Waals surface area contributed by atoms with E-state index >= 15 is 0 Å². The average Bonchev–Trinajstić information content (AvgIpc) is 3.56. The van der Waals surface area contributed by atoms with Gasteiger partial charge in [0.2, 0.25) is 0 Å². The minimum atomic E-state index is -3.72. The van der Waals surface area contributed by atoms with Crippen molar-refractivity contribution < 1.29 is 17.9 Å². The molecular weight excluding hydrogens is 506 g/mol. The Bertz CT molecular complexity index is 1600. The van der Waals surface area contributed by atoms with Crippen LogP contribution in [0.3, 0.4) is 0 Å².